The summed E-state index contributed by atoms with van der Waals surface area (Å²) in [5.74, 6) is -0.909. The van der Waals surface area contributed by atoms with Gasteiger partial charge >= 0.3 is 5.97 Å². The van der Waals surface area contributed by atoms with Crippen LogP contribution in [0.25, 0.3) is 0 Å². The summed E-state index contributed by atoms with van der Waals surface area (Å²) >= 11 is 0. The largest absolute Gasteiger partial charge is 0.478 e. The molecule has 1 aromatic rings. The summed E-state index contributed by atoms with van der Waals surface area (Å²) in [6, 6.07) is 5.10. The highest BCUT2D eigenvalue weighted by atomic mass is 16.4. The van der Waals surface area contributed by atoms with E-state index >= 15 is 0 Å². The number of piperidine rings is 1. The normalized spacial score (nSPS) is 16.1. The molecule has 1 aliphatic heterocycles. The van der Waals surface area contributed by atoms with Gasteiger partial charge in [-0.15, -0.1) is 0 Å². The SMILES string of the molecule is Nc1ccc(N2CCCCC2)c(C(=O)O)c1. The van der Waals surface area contributed by atoms with E-state index in [-0.39, 0.29) is 0 Å². The minimum absolute atomic E-state index is 0.307. The van der Waals surface area contributed by atoms with Crippen LogP contribution < -0.4 is 10.6 Å². The number of carboxylic acid groups (broad SMARTS) is 1. The molecule has 0 aliphatic carbocycles. The van der Waals surface area contributed by atoms with Crippen molar-refractivity contribution in [2.24, 2.45) is 0 Å². The second kappa shape index (κ2) is 4.43. The van der Waals surface area contributed by atoms with Crippen LogP contribution in [0.5, 0.6) is 0 Å². The van der Waals surface area contributed by atoms with Crippen molar-refractivity contribution in [3.63, 3.8) is 0 Å². The number of hydrogen-bond donors (Lipinski definition) is 2. The maximum absolute atomic E-state index is 11.1. The van der Waals surface area contributed by atoms with E-state index in [4.69, 9.17) is 10.8 Å². The van der Waals surface area contributed by atoms with Crippen LogP contribution in [0.15, 0.2) is 18.2 Å². The van der Waals surface area contributed by atoms with Gasteiger partial charge in [0.1, 0.15) is 0 Å². The Balaban J connectivity index is 2.34. The van der Waals surface area contributed by atoms with Crippen LogP contribution in [0.3, 0.4) is 0 Å². The number of aromatic carboxylic acids is 1. The number of nitrogen functional groups attached to an aromatic ring is 1. The molecule has 1 fully saturated rings. The average Bonchev–Trinajstić information content (AvgIpc) is 2.30. The Bertz CT molecular complexity index is 398. The molecule has 1 heterocycles. The quantitative estimate of drug-likeness (QED) is 0.748. The van der Waals surface area contributed by atoms with Gasteiger partial charge in [-0.1, -0.05) is 0 Å². The summed E-state index contributed by atoms with van der Waals surface area (Å²) in [6.07, 6.45) is 3.49. The standard InChI is InChI=1S/C12H16N2O2/c13-9-4-5-11(10(8-9)12(15)16)14-6-2-1-3-7-14/h4-5,8H,1-3,6-7,13H2,(H,15,16). The van der Waals surface area contributed by atoms with Crippen molar-refractivity contribution in [1.82, 2.24) is 0 Å². The molecule has 0 amide bonds. The predicted octanol–water partition coefficient (Wildman–Crippen LogP) is 1.96. The highest BCUT2D eigenvalue weighted by Gasteiger charge is 2.17. The highest BCUT2D eigenvalue weighted by molar-refractivity contribution is 5.95. The Morgan fingerprint density at radius 3 is 2.56 bits per heavy atom. The van der Waals surface area contributed by atoms with Crippen molar-refractivity contribution < 1.29 is 9.90 Å². The molecule has 1 aromatic carbocycles. The first kappa shape index (κ1) is 10.8. The zero-order chi connectivity index (χ0) is 11.5. The van der Waals surface area contributed by atoms with Gasteiger partial charge in [0.25, 0.3) is 0 Å². The van der Waals surface area contributed by atoms with Crippen LogP contribution in [0.2, 0.25) is 0 Å². The summed E-state index contributed by atoms with van der Waals surface area (Å²) in [7, 11) is 0. The van der Waals surface area contributed by atoms with Crippen molar-refractivity contribution in [2.45, 2.75) is 19.3 Å². The van der Waals surface area contributed by atoms with Gasteiger partial charge in [0.15, 0.2) is 0 Å². The van der Waals surface area contributed by atoms with E-state index in [0.717, 1.165) is 31.6 Å². The second-order valence-corrected chi connectivity index (χ2v) is 4.13. The summed E-state index contributed by atoms with van der Waals surface area (Å²) in [6.45, 7) is 1.87. The third-order valence-electron chi connectivity index (χ3n) is 2.95. The number of carboxylic acids is 1. The molecule has 16 heavy (non-hydrogen) atoms. The van der Waals surface area contributed by atoms with Crippen LogP contribution in [0.1, 0.15) is 29.6 Å². The summed E-state index contributed by atoms with van der Waals surface area (Å²) in [5, 5.41) is 9.14. The molecular formula is C12H16N2O2. The Morgan fingerprint density at radius 2 is 1.94 bits per heavy atom. The first-order valence-corrected chi connectivity index (χ1v) is 5.56. The molecule has 3 N–H and O–H groups in total. The van der Waals surface area contributed by atoms with Crippen molar-refractivity contribution >= 4 is 17.3 Å². The van der Waals surface area contributed by atoms with Crippen LogP contribution in [0, 0.1) is 0 Å². The third-order valence-corrected chi connectivity index (χ3v) is 2.95. The molecular weight excluding hydrogens is 204 g/mol. The van der Waals surface area contributed by atoms with Crippen LogP contribution in [-0.2, 0) is 0 Å². The zero-order valence-electron chi connectivity index (χ0n) is 9.15. The summed E-state index contributed by atoms with van der Waals surface area (Å²) in [4.78, 5) is 13.3. The van der Waals surface area contributed by atoms with Gasteiger partial charge in [-0.05, 0) is 37.5 Å². The lowest BCUT2D eigenvalue weighted by Crippen LogP contribution is -2.30. The van der Waals surface area contributed by atoms with Crippen LogP contribution >= 0.6 is 0 Å². The van der Waals surface area contributed by atoms with Crippen molar-refractivity contribution in [3.8, 4) is 0 Å². The number of anilines is 2. The Labute approximate surface area is 94.7 Å². The van der Waals surface area contributed by atoms with E-state index in [2.05, 4.69) is 4.90 Å². The van der Waals surface area contributed by atoms with Crippen molar-refractivity contribution in [3.05, 3.63) is 23.8 Å². The lowest BCUT2D eigenvalue weighted by molar-refractivity contribution is 0.0697. The number of carbonyl (C=O) groups is 1. The number of benzene rings is 1. The lowest BCUT2D eigenvalue weighted by atomic mass is 10.1. The van der Waals surface area contributed by atoms with Crippen molar-refractivity contribution in [1.29, 1.82) is 0 Å². The van der Waals surface area contributed by atoms with E-state index in [1.807, 2.05) is 6.07 Å². The minimum atomic E-state index is -0.909. The Kier molecular flexibility index (Phi) is 2.99. The fraction of sp³-hybridized carbons (Fsp3) is 0.417. The molecule has 4 heteroatoms. The molecule has 4 nitrogen and oxygen atoms in total. The maximum atomic E-state index is 11.1. The van der Waals surface area contributed by atoms with Gasteiger partial charge < -0.3 is 15.7 Å². The van der Waals surface area contributed by atoms with Crippen LogP contribution in [-0.4, -0.2) is 24.2 Å². The predicted molar refractivity (Wildman–Crippen MR) is 63.9 cm³/mol. The molecule has 0 atom stereocenters. The maximum Gasteiger partial charge on any atom is 0.337 e. The van der Waals surface area contributed by atoms with Crippen molar-refractivity contribution in [2.75, 3.05) is 23.7 Å². The zero-order valence-corrected chi connectivity index (χ0v) is 9.15. The number of nitrogens with zero attached hydrogens (tertiary/aromatic N) is 1. The second-order valence-electron chi connectivity index (χ2n) is 4.13. The molecule has 0 saturated carbocycles. The van der Waals surface area contributed by atoms with Gasteiger partial charge in [-0.3, -0.25) is 0 Å². The molecule has 0 unspecified atom stereocenters. The van der Waals surface area contributed by atoms with Gasteiger partial charge in [0, 0.05) is 18.8 Å². The van der Waals surface area contributed by atoms with E-state index in [1.54, 1.807) is 6.07 Å². The van der Waals surface area contributed by atoms with Crippen LogP contribution in [0.4, 0.5) is 11.4 Å². The highest BCUT2D eigenvalue weighted by Crippen LogP contribution is 2.26. The first-order chi connectivity index (χ1) is 7.68. The minimum Gasteiger partial charge on any atom is -0.478 e. The molecule has 0 spiro atoms. The van der Waals surface area contributed by atoms with E-state index < -0.39 is 5.97 Å². The van der Waals surface area contributed by atoms with E-state index in [1.165, 1.54) is 12.5 Å². The fourth-order valence-electron chi connectivity index (χ4n) is 2.14. The van der Waals surface area contributed by atoms with E-state index in [9.17, 15) is 4.79 Å². The topological polar surface area (TPSA) is 66.6 Å². The summed E-state index contributed by atoms with van der Waals surface area (Å²) < 4.78 is 0. The lowest BCUT2D eigenvalue weighted by Gasteiger charge is -2.30. The smallest absolute Gasteiger partial charge is 0.337 e. The average molecular weight is 220 g/mol. The van der Waals surface area contributed by atoms with Gasteiger partial charge in [0.2, 0.25) is 0 Å². The first-order valence-electron chi connectivity index (χ1n) is 5.56. The molecule has 2 rings (SSSR count). The molecule has 0 aromatic heterocycles. The molecule has 0 bridgehead atoms. The van der Waals surface area contributed by atoms with Gasteiger partial charge in [-0.2, -0.15) is 0 Å². The molecule has 86 valence electrons. The van der Waals surface area contributed by atoms with Gasteiger partial charge in [0.05, 0.1) is 11.3 Å². The molecule has 1 aliphatic rings. The van der Waals surface area contributed by atoms with Gasteiger partial charge in [-0.25, -0.2) is 4.79 Å². The molecule has 0 radical (unpaired) electrons. The van der Waals surface area contributed by atoms with E-state index in [0.29, 0.717) is 11.3 Å². The summed E-state index contributed by atoms with van der Waals surface area (Å²) in [5.41, 5.74) is 7.21. The number of nitrogens with two attached hydrogens (primary N) is 1. The number of hydrogen-bond acceptors (Lipinski definition) is 3. The number of rotatable bonds is 2. The third kappa shape index (κ3) is 2.10. The monoisotopic (exact) mass is 220 g/mol. The fourth-order valence-corrected chi connectivity index (χ4v) is 2.14. The Morgan fingerprint density at radius 1 is 1.25 bits per heavy atom. The Hall–Kier alpha value is -1.71. The molecule has 1 saturated heterocycles.